The van der Waals surface area contributed by atoms with E-state index in [-0.39, 0.29) is 17.3 Å². The summed E-state index contributed by atoms with van der Waals surface area (Å²) >= 11 is 3.32. The molecule has 0 bridgehead atoms. The molecule has 0 aliphatic carbocycles. The predicted molar refractivity (Wildman–Crippen MR) is 72.8 cm³/mol. The number of benzene rings is 2. The molecule has 3 aromatic rings. The second kappa shape index (κ2) is 5.13. The summed E-state index contributed by atoms with van der Waals surface area (Å²) in [5.41, 5.74) is 0.789. The molecule has 3 rings (SSSR count). The van der Waals surface area contributed by atoms with Crippen molar-refractivity contribution in [3.05, 3.63) is 58.6 Å². The highest BCUT2D eigenvalue weighted by Crippen LogP contribution is 2.26. The summed E-state index contributed by atoms with van der Waals surface area (Å²) in [6.45, 7) is 0. The van der Waals surface area contributed by atoms with E-state index in [1.807, 2.05) is 12.1 Å². The number of aromatic nitrogens is 2. The minimum atomic E-state index is -0.740. The van der Waals surface area contributed by atoms with Crippen LogP contribution < -0.4 is 0 Å². The van der Waals surface area contributed by atoms with E-state index in [2.05, 4.69) is 26.1 Å². The first-order valence-electron chi connectivity index (χ1n) is 5.68. The molecule has 6 heteroatoms. The van der Waals surface area contributed by atoms with Gasteiger partial charge in [0.05, 0.1) is 5.56 Å². The number of rotatable bonds is 2. The van der Waals surface area contributed by atoms with Crippen molar-refractivity contribution in [1.29, 1.82) is 0 Å². The molecule has 0 atom stereocenters. The molecule has 100 valence electrons. The Hall–Kier alpha value is -2.08. The molecule has 0 saturated carbocycles. The fourth-order valence-electron chi connectivity index (χ4n) is 1.70. The Morgan fingerprint density at radius 1 is 0.900 bits per heavy atom. The molecular formula is C14H7BrF2N2O. The van der Waals surface area contributed by atoms with E-state index in [0.717, 1.165) is 22.2 Å². The van der Waals surface area contributed by atoms with Crippen molar-refractivity contribution < 1.29 is 13.2 Å². The van der Waals surface area contributed by atoms with Gasteiger partial charge in [0.1, 0.15) is 11.6 Å². The number of halogens is 3. The molecule has 0 radical (unpaired) electrons. The van der Waals surface area contributed by atoms with Crippen molar-refractivity contribution in [1.82, 2.24) is 10.2 Å². The highest BCUT2D eigenvalue weighted by Gasteiger charge is 2.14. The van der Waals surface area contributed by atoms with Crippen molar-refractivity contribution >= 4 is 15.9 Å². The van der Waals surface area contributed by atoms with Gasteiger partial charge in [0.25, 0.3) is 5.89 Å². The van der Waals surface area contributed by atoms with E-state index in [1.54, 1.807) is 12.1 Å². The first kappa shape index (κ1) is 12.9. The van der Waals surface area contributed by atoms with Gasteiger partial charge >= 0.3 is 0 Å². The van der Waals surface area contributed by atoms with E-state index >= 15 is 0 Å². The van der Waals surface area contributed by atoms with Gasteiger partial charge in [0, 0.05) is 16.1 Å². The standard InChI is InChI=1S/C14H7BrF2N2O/c15-9-3-1-8(2-4-9)13-18-19-14(20-13)11-6-5-10(16)7-12(11)17/h1-7H. The highest BCUT2D eigenvalue weighted by atomic mass is 79.9. The van der Waals surface area contributed by atoms with Crippen LogP contribution in [0, 0.1) is 11.6 Å². The fourth-order valence-corrected chi connectivity index (χ4v) is 1.97. The molecule has 0 saturated heterocycles. The SMILES string of the molecule is Fc1ccc(-c2nnc(-c3ccc(Br)cc3)o2)c(F)c1. The number of hydrogen-bond donors (Lipinski definition) is 0. The number of hydrogen-bond acceptors (Lipinski definition) is 3. The van der Waals surface area contributed by atoms with Crippen LogP contribution in [-0.2, 0) is 0 Å². The first-order chi connectivity index (χ1) is 9.63. The quantitative estimate of drug-likeness (QED) is 0.694. The second-order valence-corrected chi connectivity index (χ2v) is 4.96. The van der Waals surface area contributed by atoms with Crippen LogP contribution in [0.3, 0.4) is 0 Å². The van der Waals surface area contributed by atoms with Crippen molar-refractivity contribution in [3.63, 3.8) is 0 Å². The van der Waals surface area contributed by atoms with Crippen LogP contribution in [-0.4, -0.2) is 10.2 Å². The van der Waals surface area contributed by atoms with Gasteiger partial charge in [-0.15, -0.1) is 10.2 Å². The molecule has 0 N–H and O–H groups in total. The average Bonchev–Trinajstić information content (AvgIpc) is 2.89. The van der Waals surface area contributed by atoms with Gasteiger partial charge in [0.15, 0.2) is 0 Å². The maximum atomic E-state index is 13.6. The topological polar surface area (TPSA) is 38.9 Å². The Labute approximate surface area is 121 Å². The molecule has 0 unspecified atom stereocenters. The summed E-state index contributed by atoms with van der Waals surface area (Å²) in [7, 11) is 0. The Morgan fingerprint density at radius 2 is 1.60 bits per heavy atom. The fraction of sp³-hybridized carbons (Fsp3) is 0. The summed E-state index contributed by atoms with van der Waals surface area (Å²) < 4.78 is 32.8. The van der Waals surface area contributed by atoms with Crippen molar-refractivity contribution in [2.24, 2.45) is 0 Å². The summed E-state index contributed by atoms with van der Waals surface area (Å²) in [6.07, 6.45) is 0. The van der Waals surface area contributed by atoms with Crippen LogP contribution in [0.1, 0.15) is 0 Å². The van der Waals surface area contributed by atoms with Crippen LogP contribution >= 0.6 is 15.9 Å². The summed E-state index contributed by atoms with van der Waals surface area (Å²) in [5, 5.41) is 7.65. The van der Waals surface area contributed by atoms with Gasteiger partial charge in [-0.05, 0) is 36.4 Å². The molecule has 0 aliphatic heterocycles. The lowest BCUT2D eigenvalue weighted by molar-refractivity contribution is 0.560. The smallest absolute Gasteiger partial charge is 0.251 e. The molecule has 20 heavy (non-hydrogen) atoms. The molecule has 3 nitrogen and oxygen atoms in total. The molecule has 0 amide bonds. The van der Waals surface area contributed by atoms with Crippen molar-refractivity contribution in [2.75, 3.05) is 0 Å². The summed E-state index contributed by atoms with van der Waals surface area (Å²) in [6, 6.07) is 10.4. The average molecular weight is 337 g/mol. The van der Waals surface area contributed by atoms with E-state index in [9.17, 15) is 8.78 Å². The zero-order valence-electron chi connectivity index (χ0n) is 9.98. The molecule has 0 aliphatic rings. The third-order valence-electron chi connectivity index (χ3n) is 2.68. The van der Waals surface area contributed by atoms with Gasteiger partial charge in [-0.3, -0.25) is 0 Å². The van der Waals surface area contributed by atoms with Crippen LogP contribution in [0.25, 0.3) is 22.9 Å². The lowest BCUT2D eigenvalue weighted by Gasteiger charge is -1.97. The maximum Gasteiger partial charge on any atom is 0.251 e. The van der Waals surface area contributed by atoms with E-state index in [1.165, 1.54) is 6.07 Å². The van der Waals surface area contributed by atoms with E-state index in [4.69, 9.17) is 4.42 Å². The van der Waals surface area contributed by atoms with Crippen molar-refractivity contribution in [2.45, 2.75) is 0 Å². The van der Waals surface area contributed by atoms with Crippen LogP contribution in [0.4, 0.5) is 8.78 Å². The maximum absolute atomic E-state index is 13.6. The minimum Gasteiger partial charge on any atom is -0.416 e. The molecular weight excluding hydrogens is 330 g/mol. The minimum absolute atomic E-state index is 0.0143. The van der Waals surface area contributed by atoms with Crippen LogP contribution in [0.2, 0.25) is 0 Å². The Balaban J connectivity index is 1.99. The summed E-state index contributed by atoms with van der Waals surface area (Å²) in [5.74, 6) is -1.11. The van der Waals surface area contributed by atoms with Gasteiger partial charge in [-0.25, -0.2) is 8.78 Å². The van der Waals surface area contributed by atoms with Gasteiger partial charge in [0.2, 0.25) is 5.89 Å². The Bertz CT molecular complexity index is 756. The lowest BCUT2D eigenvalue weighted by Crippen LogP contribution is -1.86. The third kappa shape index (κ3) is 2.46. The van der Waals surface area contributed by atoms with Gasteiger partial charge in [-0.1, -0.05) is 15.9 Å². The normalized spacial score (nSPS) is 10.8. The third-order valence-corrected chi connectivity index (χ3v) is 3.21. The zero-order valence-corrected chi connectivity index (χ0v) is 11.6. The van der Waals surface area contributed by atoms with Crippen LogP contribution in [0.15, 0.2) is 51.4 Å². The van der Waals surface area contributed by atoms with E-state index < -0.39 is 11.6 Å². The Morgan fingerprint density at radius 3 is 2.30 bits per heavy atom. The lowest BCUT2D eigenvalue weighted by atomic mass is 10.2. The van der Waals surface area contributed by atoms with Crippen molar-refractivity contribution in [3.8, 4) is 22.9 Å². The first-order valence-corrected chi connectivity index (χ1v) is 6.47. The Kier molecular flexibility index (Phi) is 3.31. The second-order valence-electron chi connectivity index (χ2n) is 4.04. The molecule has 1 aromatic heterocycles. The van der Waals surface area contributed by atoms with E-state index in [0.29, 0.717) is 0 Å². The van der Waals surface area contributed by atoms with Crippen LogP contribution in [0.5, 0.6) is 0 Å². The molecule has 0 fully saturated rings. The predicted octanol–water partition coefficient (Wildman–Crippen LogP) is 4.44. The monoisotopic (exact) mass is 336 g/mol. The largest absolute Gasteiger partial charge is 0.416 e. The molecule has 1 heterocycles. The summed E-state index contributed by atoms with van der Waals surface area (Å²) in [4.78, 5) is 0. The zero-order chi connectivity index (χ0) is 14.1. The highest BCUT2D eigenvalue weighted by molar-refractivity contribution is 9.10. The number of nitrogens with zero attached hydrogens (tertiary/aromatic N) is 2. The van der Waals surface area contributed by atoms with Gasteiger partial charge in [-0.2, -0.15) is 0 Å². The van der Waals surface area contributed by atoms with Gasteiger partial charge < -0.3 is 4.42 Å². The molecule has 2 aromatic carbocycles. The molecule has 0 spiro atoms.